The second-order valence-corrected chi connectivity index (χ2v) is 7.15. The Morgan fingerprint density at radius 3 is 1.71 bits per heavy atom. The first-order chi connectivity index (χ1) is 11.8. The van der Waals surface area contributed by atoms with Crippen molar-refractivity contribution in [2.45, 2.75) is 117 Å². The lowest BCUT2D eigenvalue weighted by Gasteiger charge is -2.03. The summed E-state index contributed by atoms with van der Waals surface area (Å²) in [5.74, 6) is 0. The maximum atomic E-state index is 9.16. The zero-order chi connectivity index (χ0) is 17.7. The lowest BCUT2D eigenvalue weighted by atomic mass is 10.0. The van der Waals surface area contributed by atoms with Gasteiger partial charge in [0, 0.05) is 0 Å². The molecule has 0 spiro atoms. The van der Waals surface area contributed by atoms with Crippen molar-refractivity contribution in [2.75, 3.05) is 6.61 Å². The van der Waals surface area contributed by atoms with Gasteiger partial charge in [-0.15, -0.1) is 0 Å². The van der Waals surface area contributed by atoms with Crippen LogP contribution >= 0.6 is 0 Å². The van der Waals surface area contributed by atoms with Crippen LogP contribution in [0.3, 0.4) is 0 Å². The second kappa shape index (κ2) is 20.5. The van der Waals surface area contributed by atoms with Gasteiger partial charge in [-0.2, -0.15) is 0 Å². The van der Waals surface area contributed by atoms with Gasteiger partial charge in [-0.1, -0.05) is 115 Å². The molecule has 0 aromatic rings. The number of rotatable bonds is 18. The van der Waals surface area contributed by atoms with Crippen LogP contribution in [0, 0.1) is 0 Å². The van der Waals surface area contributed by atoms with Gasteiger partial charge in [0.05, 0.1) is 6.61 Å². The van der Waals surface area contributed by atoms with Crippen LogP contribution in [-0.2, 0) is 0 Å². The molecule has 0 saturated carbocycles. The van der Waals surface area contributed by atoms with Crippen molar-refractivity contribution in [1.29, 1.82) is 0 Å². The van der Waals surface area contributed by atoms with E-state index in [0.717, 1.165) is 6.42 Å². The Bertz CT molecular complexity index is 290. The number of unbranched alkanes of at least 4 members (excludes halogenated alkanes) is 13. The molecule has 0 bridgehead atoms. The van der Waals surface area contributed by atoms with Gasteiger partial charge >= 0.3 is 0 Å². The number of aliphatic hydroxyl groups excluding tert-OH is 1. The average Bonchev–Trinajstić information content (AvgIpc) is 2.59. The summed E-state index contributed by atoms with van der Waals surface area (Å²) >= 11 is 0. The Labute approximate surface area is 152 Å². The monoisotopic (exact) mass is 336 g/mol. The van der Waals surface area contributed by atoms with Gasteiger partial charge in [0.25, 0.3) is 0 Å². The smallest absolute Gasteiger partial charge is 0.0618 e. The molecule has 24 heavy (non-hydrogen) atoms. The SMILES string of the molecule is CCCCCCCCCCC=CC(=CCO)CCCCCCCC. The molecule has 0 aliphatic carbocycles. The molecule has 1 heteroatoms. The van der Waals surface area contributed by atoms with Gasteiger partial charge in [0.15, 0.2) is 0 Å². The summed E-state index contributed by atoms with van der Waals surface area (Å²) in [6.45, 7) is 4.71. The molecule has 0 atom stereocenters. The van der Waals surface area contributed by atoms with E-state index in [4.69, 9.17) is 5.11 Å². The maximum Gasteiger partial charge on any atom is 0.0618 e. The van der Waals surface area contributed by atoms with E-state index in [1.807, 2.05) is 6.08 Å². The number of aliphatic hydroxyl groups is 1. The molecule has 0 saturated heterocycles. The Hall–Kier alpha value is -0.560. The lowest BCUT2D eigenvalue weighted by Crippen LogP contribution is -1.86. The quantitative estimate of drug-likeness (QED) is 0.200. The normalized spacial score (nSPS) is 12.4. The van der Waals surface area contributed by atoms with E-state index >= 15 is 0 Å². The molecule has 0 amide bonds. The molecular formula is C23H44O. The molecule has 0 aliphatic rings. The minimum Gasteiger partial charge on any atom is -0.392 e. The molecular weight excluding hydrogens is 292 g/mol. The predicted octanol–water partition coefficient (Wildman–Crippen LogP) is 7.74. The average molecular weight is 337 g/mol. The summed E-state index contributed by atoms with van der Waals surface area (Å²) in [4.78, 5) is 0. The largest absolute Gasteiger partial charge is 0.392 e. The van der Waals surface area contributed by atoms with E-state index in [-0.39, 0.29) is 6.61 Å². The Balaban J connectivity index is 3.61. The van der Waals surface area contributed by atoms with Crippen molar-refractivity contribution in [1.82, 2.24) is 0 Å². The minimum atomic E-state index is 0.174. The van der Waals surface area contributed by atoms with Crippen LogP contribution in [0.15, 0.2) is 23.8 Å². The van der Waals surface area contributed by atoms with Gasteiger partial charge in [0.2, 0.25) is 0 Å². The van der Waals surface area contributed by atoms with Crippen molar-refractivity contribution in [2.24, 2.45) is 0 Å². The highest BCUT2D eigenvalue weighted by molar-refractivity contribution is 5.18. The Morgan fingerprint density at radius 1 is 0.667 bits per heavy atom. The third kappa shape index (κ3) is 17.8. The van der Waals surface area contributed by atoms with E-state index in [9.17, 15) is 0 Å². The summed E-state index contributed by atoms with van der Waals surface area (Å²) in [6, 6.07) is 0. The van der Waals surface area contributed by atoms with Gasteiger partial charge < -0.3 is 5.11 Å². The van der Waals surface area contributed by atoms with Crippen LogP contribution in [0.5, 0.6) is 0 Å². The maximum absolute atomic E-state index is 9.16. The molecule has 0 unspecified atom stereocenters. The van der Waals surface area contributed by atoms with Crippen LogP contribution in [0.1, 0.15) is 117 Å². The number of hydrogen-bond acceptors (Lipinski definition) is 1. The van der Waals surface area contributed by atoms with Crippen LogP contribution < -0.4 is 0 Å². The fourth-order valence-electron chi connectivity index (χ4n) is 3.11. The van der Waals surface area contributed by atoms with Crippen molar-refractivity contribution >= 4 is 0 Å². The van der Waals surface area contributed by atoms with E-state index < -0.39 is 0 Å². The van der Waals surface area contributed by atoms with Crippen LogP contribution in [0.2, 0.25) is 0 Å². The lowest BCUT2D eigenvalue weighted by molar-refractivity contribution is 0.341. The second-order valence-electron chi connectivity index (χ2n) is 7.15. The molecule has 0 radical (unpaired) electrons. The molecule has 0 fully saturated rings. The van der Waals surface area contributed by atoms with Crippen LogP contribution in [0.25, 0.3) is 0 Å². The predicted molar refractivity (Wildman–Crippen MR) is 110 cm³/mol. The van der Waals surface area contributed by atoms with E-state index in [0.29, 0.717) is 0 Å². The summed E-state index contributed by atoms with van der Waals surface area (Å²) in [5.41, 5.74) is 1.33. The highest BCUT2D eigenvalue weighted by Gasteiger charge is 1.95. The summed E-state index contributed by atoms with van der Waals surface area (Å²) < 4.78 is 0. The molecule has 142 valence electrons. The van der Waals surface area contributed by atoms with Gasteiger partial charge in [-0.25, -0.2) is 0 Å². The number of hydrogen-bond donors (Lipinski definition) is 1. The van der Waals surface area contributed by atoms with E-state index in [2.05, 4.69) is 26.0 Å². The summed E-state index contributed by atoms with van der Waals surface area (Å²) in [7, 11) is 0. The van der Waals surface area contributed by atoms with Crippen molar-refractivity contribution < 1.29 is 5.11 Å². The fourth-order valence-corrected chi connectivity index (χ4v) is 3.11. The van der Waals surface area contributed by atoms with Crippen LogP contribution in [0.4, 0.5) is 0 Å². The molecule has 0 heterocycles. The first-order valence-electron chi connectivity index (χ1n) is 10.8. The highest BCUT2D eigenvalue weighted by atomic mass is 16.2. The zero-order valence-electron chi connectivity index (χ0n) is 16.7. The zero-order valence-corrected chi connectivity index (χ0v) is 16.7. The summed E-state index contributed by atoms with van der Waals surface area (Å²) in [5, 5.41) is 9.16. The molecule has 0 rings (SSSR count). The first-order valence-corrected chi connectivity index (χ1v) is 10.8. The first kappa shape index (κ1) is 23.4. The number of allylic oxidation sites excluding steroid dienone is 3. The molecule has 0 aliphatic heterocycles. The van der Waals surface area contributed by atoms with Gasteiger partial charge in [0.1, 0.15) is 0 Å². The van der Waals surface area contributed by atoms with Crippen LogP contribution in [-0.4, -0.2) is 11.7 Å². The van der Waals surface area contributed by atoms with E-state index in [1.54, 1.807) is 0 Å². The molecule has 1 nitrogen and oxygen atoms in total. The fraction of sp³-hybridized carbons (Fsp3) is 0.826. The van der Waals surface area contributed by atoms with Crippen molar-refractivity contribution in [3.63, 3.8) is 0 Å². The van der Waals surface area contributed by atoms with Gasteiger partial charge in [-0.05, 0) is 25.7 Å². The van der Waals surface area contributed by atoms with Crippen molar-refractivity contribution in [3.8, 4) is 0 Å². The molecule has 1 N–H and O–H groups in total. The third-order valence-electron chi connectivity index (χ3n) is 4.73. The standard InChI is InChI=1S/C23H44O/c1-3-5-7-9-11-12-13-14-16-18-20-23(21-22-24)19-17-15-10-8-6-4-2/h18,20-21,24H,3-17,19,22H2,1-2H3. The third-order valence-corrected chi connectivity index (χ3v) is 4.73. The highest BCUT2D eigenvalue weighted by Crippen LogP contribution is 2.14. The summed E-state index contributed by atoms with van der Waals surface area (Å²) in [6.07, 6.45) is 28.0. The Kier molecular flexibility index (Phi) is 20.0. The topological polar surface area (TPSA) is 20.2 Å². The van der Waals surface area contributed by atoms with Gasteiger partial charge in [-0.3, -0.25) is 0 Å². The minimum absolute atomic E-state index is 0.174. The molecule has 0 aromatic carbocycles. The van der Waals surface area contributed by atoms with E-state index in [1.165, 1.54) is 102 Å². The Morgan fingerprint density at radius 2 is 1.17 bits per heavy atom. The van der Waals surface area contributed by atoms with Crippen molar-refractivity contribution in [3.05, 3.63) is 23.8 Å². The molecule has 0 aromatic heterocycles.